The number of anilines is 1. The van der Waals surface area contributed by atoms with E-state index in [0.29, 0.717) is 11.4 Å². The number of aliphatic imine (C=N–C) groups is 1. The molecule has 146 valence electrons. The number of rotatable bonds is 2. The Hall–Kier alpha value is -3.48. The summed E-state index contributed by atoms with van der Waals surface area (Å²) in [7, 11) is 0. The lowest BCUT2D eigenvalue weighted by molar-refractivity contribution is -0.137. The summed E-state index contributed by atoms with van der Waals surface area (Å²) in [5, 5.41) is 2.53. The van der Waals surface area contributed by atoms with Crippen LogP contribution in [0.4, 0.5) is 24.5 Å². The minimum absolute atomic E-state index is 0.0362. The van der Waals surface area contributed by atoms with Crippen molar-refractivity contribution in [3.05, 3.63) is 77.6 Å². The first-order valence-electron chi connectivity index (χ1n) is 8.92. The minimum atomic E-state index is -4.49. The van der Waals surface area contributed by atoms with E-state index in [1.54, 1.807) is 6.20 Å². The van der Waals surface area contributed by atoms with Crippen molar-refractivity contribution in [3.63, 3.8) is 0 Å². The summed E-state index contributed by atoms with van der Waals surface area (Å²) >= 11 is 0. The van der Waals surface area contributed by atoms with Crippen LogP contribution >= 0.6 is 0 Å². The number of benzene rings is 2. The van der Waals surface area contributed by atoms with Gasteiger partial charge in [-0.1, -0.05) is 24.3 Å². The Balaban J connectivity index is 1.77. The molecule has 29 heavy (non-hydrogen) atoms. The summed E-state index contributed by atoms with van der Waals surface area (Å²) in [5.74, 6) is -0.412. The van der Waals surface area contributed by atoms with Crippen LogP contribution in [0.15, 0.2) is 65.8 Å². The minimum Gasteiger partial charge on any atom is -0.324 e. The standard InChI is InChI=1S/C22H16F3N3O/c1-13-17(6-3-9-26-13)14-4-2-5-15(10-14)19-12-21(29)28-20-11-16(22(23,24)25)7-8-18(20)27-19/h2-11H,12H2,1H3,(H,28,29). The molecule has 2 aromatic carbocycles. The zero-order valence-corrected chi connectivity index (χ0v) is 15.4. The highest BCUT2D eigenvalue weighted by atomic mass is 19.4. The number of amides is 1. The van der Waals surface area contributed by atoms with Crippen molar-refractivity contribution in [3.8, 4) is 11.1 Å². The van der Waals surface area contributed by atoms with Gasteiger partial charge in [-0.3, -0.25) is 14.8 Å². The predicted molar refractivity (Wildman–Crippen MR) is 105 cm³/mol. The topological polar surface area (TPSA) is 54.4 Å². The van der Waals surface area contributed by atoms with E-state index in [0.717, 1.165) is 34.5 Å². The van der Waals surface area contributed by atoms with Crippen molar-refractivity contribution < 1.29 is 18.0 Å². The van der Waals surface area contributed by atoms with E-state index in [9.17, 15) is 18.0 Å². The third-order valence-corrected chi connectivity index (χ3v) is 4.70. The molecule has 1 aliphatic heterocycles. The number of carbonyl (C=O) groups excluding carboxylic acids is 1. The summed E-state index contributed by atoms with van der Waals surface area (Å²) in [6, 6.07) is 14.5. The first-order chi connectivity index (χ1) is 13.8. The van der Waals surface area contributed by atoms with Gasteiger partial charge in [-0.15, -0.1) is 0 Å². The Morgan fingerprint density at radius 2 is 1.79 bits per heavy atom. The number of hydrogen-bond donors (Lipinski definition) is 1. The molecule has 0 radical (unpaired) electrons. The van der Waals surface area contributed by atoms with Gasteiger partial charge < -0.3 is 5.32 Å². The first kappa shape index (κ1) is 18.9. The summed E-state index contributed by atoms with van der Waals surface area (Å²) < 4.78 is 38.9. The lowest BCUT2D eigenvalue weighted by atomic mass is 9.99. The zero-order chi connectivity index (χ0) is 20.6. The van der Waals surface area contributed by atoms with E-state index < -0.39 is 17.6 Å². The third-order valence-electron chi connectivity index (χ3n) is 4.70. The Bertz CT molecular complexity index is 1140. The fraction of sp³-hybridized carbons (Fsp3) is 0.136. The summed E-state index contributed by atoms with van der Waals surface area (Å²) in [4.78, 5) is 21.1. The van der Waals surface area contributed by atoms with Crippen molar-refractivity contribution >= 4 is 23.0 Å². The van der Waals surface area contributed by atoms with E-state index >= 15 is 0 Å². The number of halogens is 3. The predicted octanol–water partition coefficient (Wildman–Crippen LogP) is 5.54. The molecule has 2 heterocycles. The summed E-state index contributed by atoms with van der Waals surface area (Å²) in [6.07, 6.45) is -2.81. The molecule has 0 unspecified atom stereocenters. The van der Waals surface area contributed by atoms with Crippen molar-refractivity contribution in [1.29, 1.82) is 0 Å². The van der Waals surface area contributed by atoms with E-state index in [4.69, 9.17) is 0 Å². The van der Waals surface area contributed by atoms with Crippen molar-refractivity contribution in [2.75, 3.05) is 5.32 Å². The summed E-state index contributed by atoms with van der Waals surface area (Å²) in [5.41, 5.74) is 3.50. The van der Waals surface area contributed by atoms with Crippen LogP contribution in [0.5, 0.6) is 0 Å². The first-order valence-corrected chi connectivity index (χ1v) is 8.92. The molecular weight excluding hydrogens is 379 g/mol. The van der Waals surface area contributed by atoms with Gasteiger partial charge >= 0.3 is 6.18 Å². The van der Waals surface area contributed by atoms with Crippen LogP contribution in [0.1, 0.15) is 23.2 Å². The molecule has 0 atom stereocenters. The number of hydrogen-bond acceptors (Lipinski definition) is 3. The molecule has 0 saturated heterocycles. The average molecular weight is 395 g/mol. The number of nitrogens with one attached hydrogen (secondary N) is 1. The number of fused-ring (bicyclic) bond motifs is 1. The lowest BCUT2D eigenvalue weighted by Gasteiger charge is -2.10. The van der Waals surface area contributed by atoms with E-state index in [-0.39, 0.29) is 12.1 Å². The third kappa shape index (κ3) is 3.89. The molecule has 0 saturated carbocycles. The van der Waals surface area contributed by atoms with Gasteiger partial charge in [-0.05, 0) is 48.4 Å². The van der Waals surface area contributed by atoms with Gasteiger partial charge in [0.2, 0.25) is 5.91 Å². The molecule has 4 rings (SSSR count). The molecule has 0 aliphatic carbocycles. The van der Waals surface area contributed by atoms with Gasteiger partial charge in [0.25, 0.3) is 0 Å². The highest BCUT2D eigenvalue weighted by Crippen LogP contribution is 2.36. The fourth-order valence-corrected chi connectivity index (χ4v) is 3.26. The van der Waals surface area contributed by atoms with Crippen LogP contribution in [0, 0.1) is 6.92 Å². The smallest absolute Gasteiger partial charge is 0.324 e. The Morgan fingerprint density at radius 1 is 1.00 bits per heavy atom. The SMILES string of the molecule is Cc1ncccc1-c1cccc(C2=Nc3ccc(C(F)(F)F)cc3NC(=O)C2)c1. The maximum absolute atomic E-state index is 13.0. The van der Waals surface area contributed by atoms with Crippen molar-refractivity contribution in [1.82, 2.24) is 4.98 Å². The molecule has 1 amide bonds. The van der Waals surface area contributed by atoms with E-state index in [2.05, 4.69) is 15.3 Å². The molecular formula is C22H16F3N3O. The van der Waals surface area contributed by atoms with Gasteiger partial charge in [0.05, 0.1) is 29.1 Å². The highest BCUT2D eigenvalue weighted by molar-refractivity contribution is 6.17. The van der Waals surface area contributed by atoms with Crippen LogP contribution in [0.25, 0.3) is 11.1 Å². The number of alkyl halides is 3. The van der Waals surface area contributed by atoms with Crippen molar-refractivity contribution in [2.45, 2.75) is 19.5 Å². The van der Waals surface area contributed by atoms with Crippen LogP contribution in [0.2, 0.25) is 0 Å². The van der Waals surface area contributed by atoms with Gasteiger partial charge in [0, 0.05) is 17.5 Å². The number of carbonyl (C=O) groups is 1. The van der Waals surface area contributed by atoms with Crippen LogP contribution < -0.4 is 5.32 Å². The molecule has 1 N–H and O–H groups in total. The zero-order valence-electron chi connectivity index (χ0n) is 15.4. The number of aromatic nitrogens is 1. The van der Waals surface area contributed by atoms with Gasteiger partial charge in [-0.25, -0.2) is 0 Å². The van der Waals surface area contributed by atoms with Crippen LogP contribution in [0.3, 0.4) is 0 Å². The summed E-state index contributed by atoms with van der Waals surface area (Å²) in [6.45, 7) is 1.91. The molecule has 4 nitrogen and oxygen atoms in total. The second kappa shape index (κ2) is 7.16. The molecule has 7 heteroatoms. The normalized spacial score (nSPS) is 13.9. The van der Waals surface area contributed by atoms with Gasteiger partial charge in [0.1, 0.15) is 0 Å². The Morgan fingerprint density at radius 3 is 2.55 bits per heavy atom. The Kier molecular flexibility index (Phi) is 4.66. The maximum Gasteiger partial charge on any atom is 0.416 e. The largest absolute Gasteiger partial charge is 0.416 e. The van der Waals surface area contributed by atoms with E-state index in [1.807, 2.05) is 43.3 Å². The number of pyridine rings is 1. The number of nitrogens with zero attached hydrogens (tertiary/aromatic N) is 2. The highest BCUT2D eigenvalue weighted by Gasteiger charge is 2.31. The second-order valence-corrected chi connectivity index (χ2v) is 6.73. The van der Waals surface area contributed by atoms with Crippen LogP contribution in [-0.4, -0.2) is 16.6 Å². The molecule has 0 bridgehead atoms. The second-order valence-electron chi connectivity index (χ2n) is 6.73. The molecule has 0 fully saturated rings. The Labute approximate surface area is 165 Å². The fourth-order valence-electron chi connectivity index (χ4n) is 3.26. The molecule has 0 spiro atoms. The van der Waals surface area contributed by atoms with Crippen molar-refractivity contribution in [2.24, 2.45) is 4.99 Å². The average Bonchev–Trinajstić information content (AvgIpc) is 2.85. The monoisotopic (exact) mass is 395 g/mol. The quantitative estimate of drug-likeness (QED) is 0.620. The molecule has 3 aromatic rings. The molecule has 1 aliphatic rings. The van der Waals surface area contributed by atoms with Gasteiger partial charge in [0.15, 0.2) is 0 Å². The molecule has 1 aromatic heterocycles. The van der Waals surface area contributed by atoms with Crippen LogP contribution in [-0.2, 0) is 11.0 Å². The van der Waals surface area contributed by atoms with E-state index in [1.165, 1.54) is 6.07 Å². The lowest BCUT2D eigenvalue weighted by Crippen LogP contribution is -2.15. The number of aryl methyl sites for hydroxylation is 1. The maximum atomic E-state index is 13.0. The van der Waals surface area contributed by atoms with Gasteiger partial charge in [-0.2, -0.15) is 13.2 Å².